The average Bonchev–Trinajstić information content (AvgIpc) is 2.13. The Morgan fingerprint density at radius 2 is 1.81 bits per heavy atom. The summed E-state index contributed by atoms with van der Waals surface area (Å²) < 4.78 is 6.13. The molecule has 0 heterocycles. The number of hydrogen-bond acceptors (Lipinski definition) is 2. The molecule has 0 unspecified atom stereocenters. The van der Waals surface area contributed by atoms with Gasteiger partial charge in [0.15, 0.2) is 8.32 Å². The van der Waals surface area contributed by atoms with E-state index < -0.39 is 8.32 Å². The molecule has 0 saturated heterocycles. The van der Waals surface area contributed by atoms with Gasteiger partial charge in [0.1, 0.15) is 0 Å². The van der Waals surface area contributed by atoms with Crippen LogP contribution in [-0.2, 0) is 4.43 Å². The predicted octanol–water partition coefficient (Wildman–Crippen LogP) is 3.58. The molecule has 0 spiro atoms. The second-order valence-corrected chi connectivity index (χ2v) is 10.9. The Labute approximate surface area is 102 Å². The van der Waals surface area contributed by atoms with Crippen LogP contribution in [0.2, 0.25) is 18.1 Å². The standard InChI is InChI=1S/C13H28O2Si/c1-12(9-7-8-10-14)11-15-16(5,6)13(2,3)4/h7-8,12,14H,9-11H2,1-6H3/b8-7+/t12-/m0/s1. The quantitative estimate of drug-likeness (QED) is 0.571. The largest absolute Gasteiger partial charge is 0.417 e. The van der Waals surface area contributed by atoms with Gasteiger partial charge in [-0.05, 0) is 30.5 Å². The van der Waals surface area contributed by atoms with E-state index in [2.05, 4.69) is 40.8 Å². The molecular formula is C13H28O2Si. The Bertz CT molecular complexity index is 216. The molecule has 1 N–H and O–H groups in total. The maximum Gasteiger partial charge on any atom is 0.191 e. The highest BCUT2D eigenvalue weighted by Gasteiger charge is 2.37. The molecule has 96 valence electrons. The van der Waals surface area contributed by atoms with Gasteiger partial charge >= 0.3 is 0 Å². The summed E-state index contributed by atoms with van der Waals surface area (Å²) in [5, 5.41) is 8.92. The summed E-state index contributed by atoms with van der Waals surface area (Å²) in [6, 6.07) is 0. The second kappa shape index (κ2) is 6.57. The van der Waals surface area contributed by atoms with Crippen molar-refractivity contribution in [2.24, 2.45) is 5.92 Å². The molecule has 0 fully saturated rings. The minimum atomic E-state index is -1.59. The van der Waals surface area contributed by atoms with Crippen LogP contribution < -0.4 is 0 Å². The maximum atomic E-state index is 8.63. The number of allylic oxidation sites excluding steroid dienone is 1. The summed E-state index contributed by atoms with van der Waals surface area (Å²) in [6.45, 7) is 14.5. The van der Waals surface area contributed by atoms with E-state index in [1.807, 2.05) is 6.08 Å². The van der Waals surface area contributed by atoms with Crippen molar-refractivity contribution in [1.29, 1.82) is 0 Å². The second-order valence-electron chi connectivity index (χ2n) is 6.07. The first-order valence-corrected chi connectivity index (χ1v) is 9.01. The molecule has 0 amide bonds. The van der Waals surface area contributed by atoms with Crippen molar-refractivity contribution in [3.05, 3.63) is 12.2 Å². The molecule has 0 aliphatic carbocycles. The van der Waals surface area contributed by atoms with Crippen LogP contribution in [0.3, 0.4) is 0 Å². The minimum absolute atomic E-state index is 0.135. The molecule has 0 radical (unpaired) electrons. The topological polar surface area (TPSA) is 29.5 Å². The first-order chi connectivity index (χ1) is 7.20. The first kappa shape index (κ1) is 15.9. The van der Waals surface area contributed by atoms with E-state index >= 15 is 0 Å². The fraction of sp³-hybridized carbons (Fsp3) is 0.846. The molecule has 0 aliphatic heterocycles. The van der Waals surface area contributed by atoms with E-state index in [-0.39, 0.29) is 11.6 Å². The van der Waals surface area contributed by atoms with Crippen LogP contribution >= 0.6 is 0 Å². The Morgan fingerprint density at radius 1 is 1.25 bits per heavy atom. The Balaban J connectivity index is 4.00. The summed E-state index contributed by atoms with van der Waals surface area (Å²) in [5.74, 6) is 0.525. The van der Waals surface area contributed by atoms with Crippen LogP contribution in [0.15, 0.2) is 12.2 Å². The summed E-state index contributed by atoms with van der Waals surface area (Å²) in [5.41, 5.74) is 0. The Hall–Kier alpha value is -0.123. The van der Waals surface area contributed by atoms with Crippen molar-refractivity contribution >= 4 is 8.32 Å². The lowest BCUT2D eigenvalue weighted by atomic mass is 10.1. The average molecular weight is 244 g/mol. The normalized spacial score (nSPS) is 15.7. The van der Waals surface area contributed by atoms with Crippen LogP contribution in [0.5, 0.6) is 0 Å². The third kappa shape index (κ3) is 5.82. The highest BCUT2D eigenvalue weighted by atomic mass is 28.4. The van der Waals surface area contributed by atoms with Crippen LogP contribution in [0.4, 0.5) is 0 Å². The van der Waals surface area contributed by atoms with E-state index in [1.54, 1.807) is 6.08 Å². The zero-order valence-electron chi connectivity index (χ0n) is 11.7. The number of aliphatic hydroxyl groups excluding tert-OH is 1. The fourth-order valence-electron chi connectivity index (χ4n) is 1.04. The van der Waals surface area contributed by atoms with E-state index in [4.69, 9.17) is 9.53 Å². The van der Waals surface area contributed by atoms with E-state index in [0.29, 0.717) is 5.92 Å². The smallest absolute Gasteiger partial charge is 0.191 e. The molecule has 0 aromatic rings. The number of aliphatic hydroxyl groups is 1. The first-order valence-electron chi connectivity index (χ1n) is 6.10. The molecule has 2 nitrogen and oxygen atoms in total. The van der Waals surface area contributed by atoms with Crippen molar-refractivity contribution in [3.63, 3.8) is 0 Å². The van der Waals surface area contributed by atoms with Gasteiger partial charge in [0.25, 0.3) is 0 Å². The lowest BCUT2D eigenvalue weighted by molar-refractivity contribution is 0.238. The van der Waals surface area contributed by atoms with Crippen LogP contribution in [0.25, 0.3) is 0 Å². The molecule has 0 bridgehead atoms. The van der Waals surface area contributed by atoms with Gasteiger partial charge in [0.2, 0.25) is 0 Å². The predicted molar refractivity (Wildman–Crippen MR) is 73.2 cm³/mol. The molecule has 16 heavy (non-hydrogen) atoms. The fourth-order valence-corrected chi connectivity index (χ4v) is 2.17. The molecule has 0 aliphatic rings. The van der Waals surface area contributed by atoms with Crippen molar-refractivity contribution in [3.8, 4) is 0 Å². The van der Waals surface area contributed by atoms with E-state index in [9.17, 15) is 0 Å². The summed E-state index contributed by atoms with van der Waals surface area (Å²) >= 11 is 0. The highest BCUT2D eigenvalue weighted by Crippen LogP contribution is 2.36. The Morgan fingerprint density at radius 3 is 2.25 bits per heavy atom. The highest BCUT2D eigenvalue weighted by molar-refractivity contribution is 6.74. The number of hydrogen-bond donors (Lipinski definition) is 1. The molecule has 0 saturated carbocycles. The van der Waals surface area contributed by atoms with Crippen LogP contribution in [0, 0.1) is 5.92 Å². The van der Waals surface area contributed by atoms with Crippen molar-refractivity contribution in [2.45, 2.75) is 52.2 Å². The third-order valence-corrected chi connectivity index (χ3v) is 7.85. The van der Waals surface area contributed by atoms with E-state index in [1.165, 1.54) is 0 Å². The number of rotatable bonds is 6. The third-order valence-electron chi connectivity index (χ3n) is 3.35. The van der Waals surface area contributed by atoms with Crippen LogP contribution in [0.1, 0.15) is 34.1 Å². The van der Waals surface area contributed by atoms with Crippen molar-refractivity contribution < 1.29 is 9.53 Å². The summed E-state index contributed by atoms with van der Waals surface area (Å²) in [6.07, 6.45) is 4.80. The van der Waals surface area contributed by atoms with Gasteiger partial charge in [-0.1, -0.05) is 39.8 Å². The van der Waals surface area contributed by atoms with Gasteiger partial charge in [-0.2, -0.15) is 0 Å². The minimum Gasteiger partial charge on any atom is -0.417 e. The molecule has 3 heteroatoms. The molecular weight excluding hydrogens is 216 g/mol. The van der Waals surface area contributed by atoms with Gasteiger partial charge in [-0.3, -0.25) is 0 Å². The maximum absolute atomic E-state index is 8.63. The van der Waals surface area contributed by atoms with Gasteiger partial charge in [0.05, 0.1) is 6.61 Å². The molecule has 1 atom stereocenters. The molecule has 0 aromatic carbocycles. The van der Waals surface area contributed by atoms with E-state index in [0.717, 1.165) is 13.0 Å². The summed E-state index contributed by atoms with van der Waals surface area (Å²) in [4.78, 5) is 0. The van der Waals surface area contributed by atoms with Gasteiger partial charge in [-0.15, -0.1) is 0 Å². The lowest BCUT2D eigenvalue weighted by Gasteiger charge is -2.36. The zero-order valence-corrected chi connectivity index (χ0v) is 12.7. The van der Waals surface area contributed by atoms with Gasteiger partial charge < -0.3 is 9.53 Å². The van der Waals surface area contributed by atoms with Crippen LogP contribution in [-0.4, -0.2) is 26.6 Å². The zero-order chi connectivity index (χ0) is 12.8. The van der Waals surface area contributed by atoms with Crippen molar-refractivity contribution in [1.82, 2.24) is 0 Å². The monoisotopic (exact) mass is 244 g/mol. The van der Waals surface area contributed by atoms with Gasteiger partial charge in [0, 0.05) is 6.61 Å². The lowest BCUT2D eigenvalue weighted by Crippen LogP contribution is -2.41. The van der Waals surface area contributed by atoms with Crippen molar-refractivity contribution in [2.75, 3.05) is 13.2 Å². The molecule has 0 aromatic heterocycles. The SMILES string of the molecule is C[C@@H](C/C=C/CO)CO[Si](C)(C)C(C)(C)C. The summed E-state index contributed by atoms with van der Waals surface area (Å²) in [7, 11) is -1.59. The molecule has 0 rings (SSSR count). The van der Waals surface area contributed by atoms with Gasteiger partial charge in [-0.25, -0.2) is 0 Å². The Kier molecular flexibility index (Phi) is 6.52.